The van der Waals surface area contributed by atoms with Crippen LogP contribution in [0.4, 0.5) is 8.78 Å². The van der Waals surface area contributed by atoms with Crippen molar-refractivity contribution in [2.24, 2.45) is 11.8 Å². The Morgan fingerprint density at radius 2 is 1.88 bits per heavy atom. The van der Waals surface area contributed by atoms with Crippen LogP contribution >= 0.6 is 0 Å². The molecule has 94 valence electrons. The maximum atomic E-state index is 13.8. The van der Waals surface area contributed by atoms with E-state index >= 15 is 0 Å². The first-order chi connectivity index (χ1) is 8.15. The van der Waals surface area contributed by atoms with Crippen LogP contribution in [0, 0.1) is 23.5 Å². The van der Waals surface area contributed by atoms with Crippen LogP contribution in [-0.4, -0.2) is 6.54 Å². The molecule has 0 spiro atoms. The molecule has 0 aromatic heterocycles. The van der Waals surface area contributed by atoms with Gasteiger partial charge >= 0.3 is 0 Å². The van der Waals surface area contributed by atoms with Crippen LogP contribution in [0.15, 0.2) is 18.2 Å². The number of rotatable bonds is 5. The molecular formula is C14H19F2N. The van der Waals surface area contributed by atoms with Gasteiger partial charge in [-0.15, -0.1) is 0 Å². The Hall–Kier alpha value is -0.960. The third kappa shape index (κ3) is 2.65. The Balaban J connectivity index is 2.30. The minimum atomic E-state index is -0.441. The van der Waals surface area contributed by atoms with E-state index in [1.165, 1.54) is 31.0 Å². The van der Waals surface area contributed by atoms with Gasteiger partial charge in [-0.3, -0.25) is 0 Å². The molecule has 0 heterocycles. The van der Waals surface area contributed by atoms with Crippen LogP contribution in [0.5, 0.6) is 0 Å². The number of hydrogen-bond donors (Lipinski definition) is 1. The molecule has 0 amide bonds. The molecule has 2 unspecified atom stereocenters. The molecule has 1 aromatic rings. The molecule has 1 saturated carbocycles. The molecule has 2 atom stereocenters. The first-order valence-corrected chi connectivity index (χ1v) is 6.32. The van der Waals surface area contributed by atoms with Crippen LogP contribution < -0.4 is 5.32 Å². The Bertz CT molecular complexity index is 368. The van der Waals surface area contributed by atoms with E-state index < -0.39 is 11.6 Å². The maximum absolute atomic E-state index is 13.8. The van der Waals surface area contributed by atoms with Crippen molar-refractivity contribution in [1.29, 1.82) is 0 Å². The molecule has 0 radical (unpaired) electrons. The smallest absolute Gasteiger partial charge is 0.130 e. The van der Waals surface area contributed by atoms with Gasteiger partial charge in [-0.2, -0.15) is 0 Å². The monoisotopic (exact) mass is 239 g/mol. The Morgan fingerprint density at radius 1 is 1.29 bits per heavy atom. The van der Waals surface area contributed by atoms with Gasteiger partial charge in [0.15, 0.2) is 0 Å². The lowest BCUT2D eigenvalue weighted by molar-refractivity contribution is 0.334. The highest BCUT2D eigenvalue weighted by molar-refractivity contribution is 5.24. The molecule has 1 aliphatic carbocycles. The second-order valence-corrected chi connectivity index (χ2v) is 4.87. The van der Waals surface area contributed by atoms with Crippen molar-refractivity contribution < 1.29 is 8.78 Å². The van der Waals surface area contributed by atoms with Gasteiger partial charge in [-0.05, 0) is 43.4 Å². The minimum Gasteiger partial charge on any atom is -0.310 e. The fourth-order valence-corrected chi connectivity index (χ4v) is 2.47. The zero-order valence-corrected chi connectivity index (χ0v) is 10.3. The van der Waals surface area contributed by atoms with Gasteiger partial charge in [0.2, 0.25) is 0 Å². The van der Waals surface area contributed by atoms with Crippen LogP contribution in [-0.2, 0) is 0 Å². The van der Waals surface area contributed by atoms with Crippen molar-refractivity contribution in [3.8, 4) is 0 Å². The van der Waals surface area contributed by atoms with E-state index in [0.717, 1.165) is 6.54 Å². The zero-order chi connectivity index (χ0) is 12.4. The molecule has 2 rings (SSSR count). The lowest BCUT2D eigenvalue weighted by Gasteiger charge is -2.26. The zero-order valence-electron chi connectivity index (χ0n) is 10.3. The topological polar surface area (TPSA) is 12.0 Å². The number of nitrogens with one attached hydrogen (secondary N) is 1. The molecule has 1 aromatic carbocycles. The fraction of sp³-hybridized carbons (Fsp3) is 0.571. The van der Waals surface area contributed by atoms with E-state index in [4.69, 9.17) is 0 Å². The summed E-state index contributed by atoms with van der Waals surface area (Å²) < 4.78 is 27.6. The van der Waals surface area contributed by atoms with E-state index in [0.29, 0.717) is 5.92 Å². The first-order valence-electron chi connectivity index (χ1n) is 6.32. The summed E-state index contributed by atoms with van der Waals surface area (Å²) in [6, 6.07) is 3.87. The van der Waals surface area contributed by atoms with E-state index in [1.54, 1.807) is 0 Å². The van der Waals surface area contributed by atoms with Gasteiger partial charge in [0.1, 0.15) is 11.6 Å². The normalized spacial score (nSPS) is 19.1. The average molecular weight is 239 g/mol. The second kappa shape index (κ2) is 5.13. The van der Waals surface area contributed by atoms with Gasteiger partial charge < -0.3 is 5.32 Å². The summed E-state index contributed by atoms with van der Waals surface area (Å²) in [6.07, 6.45) is 2.36. The molecule has 1 nitrogen and oxygen atoms in total. The molecule has 0 bridgehead atoms. The Labute approximate surface area is 101 Å². The summed E-state index contributed by atoms with van der Waals surface area (Å²) in [5.74, 6) is 0.00584. The maximum Gasteiger partial charge on any atom is 0.130 e. The standard InChI is InChI=1S/C14H19F2N/c1-3-17-14(9(2)10-7-8-10)13-11(15)5-4-6-12(13)16/h4-6,9-10,14,17H,3,7-8H2,1-2H3. The largest absolute Gasteiger partial charge is 0.310 e. The molecule has 1 fully saturated rings. The number of benzene rings is 1. The highest BCUT2D eigenvalue weighted by Gasteiger charge is 2.35. The predicted octanol–water partition coefficient (Wildman–Crippen LogP) is 3.66. The van der Waals surface area contributed by atoms with Crippen molar-refractivity contribution in [3.63, 3.8) is 0 Å². The van der Waals surface area contributed by atoms with Crippen molar-refractivity contribution in [2.75, 3.05) is 6.54 Å². The SMILES string of the molecule is CCNC(c1c(F)cccc1F)C(C)C1CC1. The third-order valence-electron chi connectivity index (χ3n) is 3.63. The van der Waals surface area contributed by atoms with Crippen molar-refractivity contribution >= 4 is 0 Å². The van der Waals surface area contributed by atoms with Gasteiger partial charge in [0.25, 0.3) is 0 Å². The van der Waals surface area contributed by atoms with E-state index in [9.17, 15) is 8.78 Å². The van der Waals surface area contributed by atoms with E-state index in [1.807, 2.05) is 6.92 Å². The summed E-state index contributed by atoms with van der Waals surface area (Å²) in [5, 5.41) is 3.22. The van der Waals surface area contributed by atoms with Gasteiger partial charge in [-0.25, -0.2) is 8.78 Å². The van der Waals surface area contributed by atoms with E-state index in [2.05, 4.69) is 12.2 Å². The van der Waals surface area contributed by atoms with Crippen LogP contribution in [0.25, 0.3) is 0 Å². The third-order valence-corrected chi connectivity index (χ3v) is 3.63. The first kappa shape index (κ1) is 12.5. The lowest BCUT2D eigenvalue weighted by atomic mass is 9.90. The molecule has 0 saturated heterocycles. The highest BCUT2D eigenvalue weighted by atomic mass is 19.1. The molecular weight excluding hydrogens is 220 g/mol. The van der Waals surface area contributed by atoms with Crippen molar-refractivity contribution in [2.45, 2.75) is 32.7 Å². The molecule has 0 aliphatic heterocycles. The van der Waals surface area contributed by atoms with Crippen LogP contribution in [0.2, 0.25) is 0 Å². The quantitative estimate of drug-likeness (QED) is 0.826. The van der Waals surface area contributed by atoms with Crippen molar-refractivity contribution in [3.05, 3.63) is 35.4 Å². The number of hydrogen-bond acceptors (Lipinski definition) is 1. The summed E-state index contributed by atoms with van der Waals surface area (Å²) >= 11 is 0. The highest BCUT2D eigenvalue weighted by Crippen LogP contribution is 2.43. The summed E-state index contributed by atoms with van der Waals surface area (Å²) in [7, 11) is 0. The Kier molecular flexibility index (Phi) is 3.77. The molecule has 1 N–H and O–H groups in total. The van der Waals surface area contributed by atoms with Gasteiger partial charge in [-0.1, -0.05) is 19.9 Å². The van der Waals surface area contributed by atoms with Crippen LogP contribution in [0.1, 0.15) is 38.3 Å². The van der Waals surface area contributed by atoms with Gasteiger partial charge in [0, 0.05) is 11.6 Å². The average Bonchev–Trinajstić information content (AvgIpc) is 3.10. The van der Waals surface area contributed by atoms with E-state index in [-0.39, 0.29) is 17.5 Å². The molecule has 17 heavy (non-hydrogen) atoms. The Morgan fingerprint density at radius 3 is 2.35 bits per heavy atom. The minimum absolute atomic E-state index is 0.203. The predicted molar refractivity (Wildman–Crippen MR) is 64.7 cm³/mol. The van der Waals surface area contributed by atoms with Crippen molar-refractivity contribution in [1.82, 2.24) is 5.32 Å². The molecule has 3 heteroatoms. The fourth-order valence-electron chi connectivity index (χ4n) is 2.47. The second-order valence-electron chi connectivity index (χ2n) is 4.87. The van der Waals surface area contributed by atoms with Gasteiger partial charge in [0.05, 0.1) is 0 Å². The lowest BCUT2D eigenvalue weighted by Crippen LogP contribution is -2.29. The summed E-state index contributed by atoms with van der Waals surface area (Å²) in [5.41, 5.74) is 0.203. The number of halogens is 2. The molecule has 1 aliphatic rings. The summed E-state index contributed by atoms with van der Waals surface area (Å²) in [6.45, 7) is 4.76. The van der Waals surface area contributed by atoms with Crippen LogP contribution in [0.3, 0.4) is 0 Å². The summed E-state index contributed by atoms with van der Waals surface area (Å²) in [4.78, 5) is 0.